The second-order valence-electron chi connectivity index (χ2n) is 5.26. The van der Waals surface area contributed by atoms with Gasteiger partial charge in [0.15, 0.2) is 0 Å². The number of nitrogens with zero attached hydrogens (tertiary/aromatic N) is 2. The van der Waals surface area contributed by atoms with Crippen molar-refractivity contribution in [2.45, 2.75) is 26.7 Å². The van der Waals surface area contributed by atoms with Crippen molar-refractivity contribution in [1.29, 1.82) is 0 Å². The van der Waals surface area contributed by atoms with E-state index in [1.807, 2.05) is 23.8 Å². The van der Waals surface area contributed by atoms with Crippen LogP contribution in [-0.2, 0) is 0 Å². The zero-order valence-corrected chi connectivity index (χ0v) is 11.6. The van der Waals surface area contributed by atoms with Crippen molar-refractivity contribution in [2.24, 2.45) is 11.7 Å². The first-order valence-corrected chi connectivity index (χ1v) is 6.52. The lowest BCUT2D eigenvalue weighted by atomic mass is 9.93. The molecule has 0 radical (unpaired) electrons. The molecule has 1 aromatic heterocycles. The second kappa shape index (κ2) is 5.53. The lowest BCUT2D eigenvalue weighted by Gasteiger charge is -2.20. The Labute approximate surface area is 113 Å². The molecule has 1 atom stereocenters. The van der Waals surface area contributed by atoms with Crippen LogP contribution in [0.5, 0.6) is 0 Å². The van der Waals surface area contributed by atoms with Gasteiger partial charge in [-0.25, -0.2) is 9.37 Å². The van der Waals surface area contributed by atoms with Gasteiger partial charge in [0.2, 0.25) is 0 Å². The Hall–Kier alpha value is -1.68. The van der Waals surface area contributed by atoms with Gasteiger partial charge in [-0.1, -0.05) is 13.8 Å². The summed E-state index contributed by atoms with van der Waals surface area (Å²) < 4.78 is 15.5. The number of aromatic nitrogens is 2. The predicted octanol–water partition coefficient (Wildman–Crippen LogP) is 3.02. The summed E-state index contributed by atoms with van der Waals surface area (Å²) in [6.45, 7) is 6.70. The first-order valence-electron chi connectivity index (χ1n) is 6.52. The van der Waals surface area contributed by atoms with Gasteiger partial charge in [0.25, 0.3) is 0 Å². The van der Waals surface area contributed by atoms with Crippen molar-refractivity contribution >= 4 is 0 Å². The number of rotatable bonds is 4. The Morgan fingerprint density at radius 1 is 1.32 bits per heavy atom. The molecule has 2 N–H and O–H groups in total. The molecule has 2 rings (SSSR count). The molecule has 0 aliphatic heterocycles. The topological polar surface area (TPSA) is 43.8 Å². The van der Waals surface area contributed by atoms with Crippen LogP contribution in [0.2, 0.25) is 0 Å². The fourth-order valence-electron chi connectivity index (χ4n) is 2.39. The quantitative estimate of drug-likeness (QED) is 0.919. The Morgan fingerprint density at radius 3 is 2.63 bits per heavy atom. The number of hydrogen-bond acceptors (Lipinski definition) is 2. The first kappa shape index (κ1) is 13.7. The van der Waals surface area contributed by atoms with E-state index in [1.54, 1.807) is 6.33 Å². The molecule has 4 heteroatoms. The van der Waals surface area contributed by atoms with Crippen LogP contribution in [0, 0.1) is 18.7 Å². The van der Waals surface area contributed by atoms with Crippen LogP contribution in [0.3, 0.4) is 0 Å². The van der Waals surface area contributed by atoms with Gasteiger partial charge in [-0.15, -0.1) is 0 Å². The maximum atomic E-state index is 13.5. The van der Waals surface area contributed by atoms with Gasteiger partial charge < -0.3 is 10.3 Å². The minimum absolute atomic E-state index is 0.214. The second-order valence-corrected chi connectivity index (χ2v) is 5.26. The summed E-state index contributed by atoms with van der Waals surface area (Å²) in [5, 5.41) is 0. The third kappa shape index (κ3) is 2.84. The molecule has 0 amide bonds. The Balaban J connectivity index is 2.49. The van der Waals surface area contributed by atoms with Gasteiger partial charge in [-0.2, -0.15) is 0 Å². The molecular formula is C15H20FN3. The normalized spacial score (nSPS) is 12.9. The average Bonchev–Trinajstić information content (AvgIpc) is 2.77. The molecule has 0 bridgehead atoms. The van der Waals surface area contributed by atoms with Gasteiger partial charge in [0.05, 0.1) is 6.33 Å². The van der Waals surface area contributed by atoms with Crippen LogP contribution in [-0.4, -0.2) is 16.1 Å². The number of imidazole rings is 1. The minimum Gasteiger partial charge on any atom is -0.330 e. The number of aryl methyl sites for hydroxylation is 1. The lowest BCUT2D eigenvalue weighted by Crippen LogP contribution is -2.20. The maximum Gasteiger partial charge on any atom is 0.125 e. The highest BCUT2D eigenvalue weighted by Crippen LogP contribution is 2.26. The molecule has 1 aromatic carbocycles. The summed E-state index contributed by atoms with van der Waals surface area (Å²) >= 11 is 0. The largest absolute Gasteiger partial charge is 0.330 e. The monoisotopic (exact) mass is 261 g/mol. The molecule has 0 saturated carbocycles. The molecule has 102 valence electrons. The van der Waals surface area contributed by atoms with Gasteiger partial charge in [-0.3, -0.25) is 0 Å². The van der Waals surface area contributed by atoms with Crippen molar-refractivity contribution in [1.82, 2.24) is 9.55 Å². The molecule has 0 spiro atoms. The van der Waals surface area contributed by atoms with Crippen LogP contribution in [0.25, 0.3) is 5.69 Å². The fourth-order valence-corrected chi connectivity index (χ4v) is 2.39. The summed E-state index contributed by atoms with van der Waals surface area (Å²) in [6.07, 6.45) is 3.53. The fraction of sp³-hybridized carbons (Fsp3) is 0.400. The van der Waals surface area contributed by atoms with Crippen LogP contribution >= 0.6 is 0 Å². The van der Waals surface area contributed by atoms with Crippen molar-refractivity contribution in [3.63, 3.8) is 0 Å². The molecule has 1 heterocycles. The van der Waals surface area contributed by atoms with Crippen molar-refractivity contribution in [3.8, 4) is 5.69 Å². The highest BCUT2D eigenvalue weighted by Gasteiger charge is 2.19. The standard InChI is InChI=1S/C15H20FN3/c1-10(2)14(7-17)15-8-18-9-19(15)13-5-11(3)4-12(16)6-13/h4-6,8-10,14H,7,17H2,1-3H3. The van der Waals surface area contributed by atoms with E-state index in [4.69, 9.17) is 5.73 Å². The molecule has 0 aliphatic rings. The van der Waals surface area contributed by atoms with E-state index in [0.717, 1.165) is 16.9 Å². The molecule has 1 unspecified atom stereocenters. The van der Waals surface area contributed by atoms with Crippen LogP contribution in [0.4, 0.5) is 4.39 Å². The summed E-state index contributed by atoms with van der Waals surface area (Å²) in [5.74, 6) is 0.393. The third-order valence-corrected chi connectivity index (χ3v) is 3.41. The third-order valence-electron chi connectivity index (χ3n) is 3.41. The average molecular weight is 261 g/mol. The van der Waals surface area contributed by atoms with Gasteiger partial charge in [-0.05, 0) is 36.6 Å². The number of halogens is 1. The molecular weight excluding hydrogens is 241 g/mol. The SMILES string of the molecule is Cc1cc(F)cc(-n2cncc2C(CN)C(C)C)c1. The van der Waals surface area contributed by atoms with Gasteiger partial charge >= 0.3 is 0 Å². The summed E-state index contributed by atoms with van der Waals surface area (Å²) in [4.78, 5) is 4.19. The van der Waals surface area contributed by atoms with Gasteiger partial charge in [0.1, 0.15) is 5.82 Å². The van der Waals surface area contributed by atoms with E-state index in [1.165, 1.54) is 12.1 Å². The first-order chi connectivity index (χ1) is 9.02. The Morgan fingerprint density at radius 2 is 2.05 bits per heavy atom. The van der Waals surface area contributed by atoms with Crippen molar-refractivity contribution < 1.29 is 4.39 Å². The van der Waals surface area contributed by atoms with E-state index in [2.05, 4.69) is 18.8 Å². The van der Waals surface area contributed by atoms with E-state index < -0.39 is 0 Å². The minimum atomic E-state index is -0.233. The van der Waals surface area contributed by atoms with E-state index in [-0.39, 0.29) is 11.7 Å². The maximum absolute atomic E-state index is 13.5. The summed E-state index contributed by atoms with van der Waals surface area (Å²) in [7, 11) is 0. The zero-order chi connectivity index (χ0) is 14.0. The lowest BCUT2D eigenvalue weighted by molar-refractivity contribution is 0.489. The van der Waals surface area contributed by atoms with Crippen LogP contribution < -0.4 is 5.73 Å². The number of benzene rings is 1. The smallest absolute Gasteiger partial charge is 0.125 e. The predicted molar refractivity (Wildman–Crippen MR) is 74.9 cm³/mol. The van der Waals surface area contributed by atoms with E-state index in [9.17, 15) is 4.39 Å². The molecule has 19 heavy (non-hydrogen) atoms. The van der Waals surface area contributed by atoms with E-state index >= 15 is 0 Å². The van der Waals surface area contributed by atoms with Crippen LogP contribution in [0.15, 0.2) is 30.7 Å². The summed E-state index contributed by atoms with van der Waals surface area (Å²) in [6, 6.07) is 4.98. The molecule has 0 aliphatic carbocycles. The molecule has 0 fully saturated rings. The van der Waals surface area contributed by atoms with Crippen molar-refractivity contribution in [3.05, 3.63) is 47.8 Å². The zero-order valence-electron chi connectivity index (χ0n) is 11.6. The van der Waals surface area contributed by atoms with Crippen LogP contribution in [0.1, 0.15) is 31.0 Å². The Kier molecular flexibility index (Phi) is 4.00. The van der Waals surface area contributed by atoms with Crippen molar-refractivity contribution in [2.75, 3.05) is 6.54 Å². The summed E-state index contributed by atoms with van der Waals surface area (Å²) in [5.41, 5.74) is 8.57. The molecule has 2 aromatic rings. The highest BCUT2D eigenvalue weighted by atomic mass is 19.1. The van der Waals surface area contributed by atoms with Gasteiger partial charge in [0, 0.05) is 30.0 Å². The van der Waals surface area contributed by atoms with E-state index in [0.29, 0.717) is 12.5 Å². The molecule has 3 nitrogen and oxygen atoms in total. The Bertz CT molecular complexity index is 540. The highest BCUT2D eigenvalue weighted by molar-refractivity contribution is 5.38. The number of hydrogen-bond donors (Lipinski definition) is 1. The molecule has 0 saturated heterocycles. The number of nitrogens with two attached hydrogens (primary N) is 1.